The van der Waals surface area contributed by atoms with E-state index in [0.29, 0.717) is 17.9 Å². The molecule has 1 N–H and O–H groups in total. The maximum Gasteiger partial charge on any atom is 0.341 e. The lowest BCUT2D eigenvalue weighted by Crippen LogP contribution is -2.20. The van der Waals surface area contributed by atoms with Crippen molar-refractivity contribution in [3.05, 3.63) is 23.3 Å². The first-order valence-corrected chi connectivity index (χ1v) is 7.73. The van der Waals surface area contributed by atoms with Gasteiger partial charge in [0.25, 0.3) is 0 Å². The molecule has 0 fully saturated rings. The van der Waals surface area contributed by atoms with Gasteiger partial charge in [-0.3, -0.25) is 0 Å². The van der Waals surface area contributed by atoms with E-state index < -0.39 is 16.0 Å². The normalized spacial score (nSPS) is 11.2. The van der Waals surface area contributed by atoms with E-state index >= 15 is 0 Å². The predicted octanol–water partition coefficient (Wildman–Crippen LogP) is 1.48. The Hall–Kier alpha value is -1.60. The number of ether oxygens (including phenoxy) is 2. The van der Waals surface area contributed by atoms with Crippen LogP contribution in [-0.4, -0.2) is 34.6 Å². The van der Waals surface area contributed by atoms with E-state index in [9.17, 15) is 13.2 Å². The van der Waals surface area contributed by atoms with Gasteiger partial charge in [-0.1, -0.05) is 0 Å². The van der Waals surface area contributed by atoms with Crippen molar-refractivity contribution in [1.82, 2.24) is 4.72 Å². The number of hydrogen-bond donors (Lipinski definition) is 1. The number of benzene rings is 1. The Bertz CT molecular complexity index is 595. The number of esters is 1. The molecule has 0 atom stereocenters. The summed E-state index contributed by atoms with van der Waals surface area (Å²) in [5.74, 6) is -0.290. The fourth-order valence-corrected chi connectivity index (χ4v) is 2.68. The number of sulfonamides is 1. The van der Waals surface area contributed by atoms with Crippen LogP contribution >= 0.6 is 0 Å². The van der Waals surface area contributed by atoms with Gasteiger partial charge < -0.3 is 9.47 Å². The highest BCUT2D eigenvalue weighted by Gasteiger charge is 2.22. The first kappa shape index (κ1) is 16.5. The Kier molecular flexibility index (Phi) is 5.52. The molecular weight excluding hydrogens is 282 g/mol. The van der Waals surface area contributed by atoms with E-state index in [4.69, 9.17) is 9.47 Å². The number of carbonyl (C=O) groups is 1. The second-order valence-electron chi connectivity index (χ2n) is 3.97. The summed E-state index contributed by atoms with van der Waals surface area (Å²) in [5, 5.41) is 0. The van der Waals surface area contributed by atoms with Gasteiger partial charge in [-0.25, -0.2) is 17.9 Å². The zero-order valence-corrected chi connectivity index (χ0v) is 12.8. The highest BCUT2D eigenvalue weighted by molar-refractivity contribution is 7.89. The van der Waals surface area contributed by atoms with Crippen molar-refractivity contribution in [2.45, 2.75) is 25.7 Å². The standard InChI is InChI=1S/C13H19NO5S/c1-5-18-11-7-9(3)12(20(16,17)14-4)8-10(11)13(15)19-6-2/h7-8,14H,5-6H2,1-4H3. The maximum atomic E-state index is 11.9. The lowest BCUT2D eigenvalue weighted by Gasteiger charge is -2.14. The Labute approximate surface area is 119 Å². The molecule has 1 rings (SSSR count). The lowest BCUT2D eigenvalue weighted by molar-refractivity contribution is 0.0521. The molecule has 0 amide bonds. The monoisotopic (exact) mass is 301 g/mol. The number of carbonyl (C=O) groups excluding carboxylic acids is 1. The van der Waals surface area contributed by atoms with Gasteiger partial charge in [0, 0.05) is 0 Å². The summed E-state index contributed by atoms with van der Waals surface area (Å²) < 4.78 is 36.4. The van der Waals surface area contributed by atoms with E-state index in [0.717, 1.165) is 0 Å². The molecule has 0 saturated carbocycles. The Morgan fingerprint density at radius 1 is 1.25 bits per heavy atom. The fraction of sp³-hybridized carbons (Fsp3) is 0.462. The molecule has 0 aliphatic carbocycles. The van der Waals surface area contributed by atoms with Gasteiger partial charge in [-0.05, 0) is 45.5 Å². The van der Waals surface area contributed by atoms with Crippen LogP contribution < -0.4 is 9.46 Å². The van der Waals surface area contributed by atoms with Crippen molar-refractivity contribution >= 4 is 16.0 Å². The minimum atomic E-state index is -3.64. The molecule has 0 bridgehead atoms. The van der Waals surface area contributed by atoms with E-state index in [1.165, 1.54) is 19.2 Å². The summed E-state index contributed by atoms with van der Waals surface area (Å²) in [5.41, 5.74) is 0.601. The molecular formula is C13H19NO5S. The Morgan fingerprint density at radius 2 is 1.90 bits per heavy atom. The van der Waals surface area contributed by atoms with Gasteiger partial charge in [0.15, 0.2) is 0 Å². The molecule has 0 aromatic heterocycles. The fourth-order valence-electron chi connectivity index (χ4n) is 1.70. The summed E-state index contributed by atoms with van der Waals surface area (Å²) in [6, 6.07) is 2.81. The molecule has 0 radical (unpaired) electrons. The first-order valence-electron chi connectivity index (χ1n) is 6.25. The highest BCUT2D eigenvalue weighted by atomic mass is 32.2. The van der Waals surface area contributed by atoms with Crippen LogP contribution in [0.15, 0.2) is 17.0 Å². The summed E-state index contributed by atoms with van der Waals surface area (Å²) in [7, 11) is -2.33. The molecule has 7 heteroatoms. The number of rotatable bonds is 6. The van der Waals surface area contributed by atoms with Gasteiger partial charge in [0.05, 0.1) is 18.1 Å². The Balaban J connectivity index is 3.46. The van der Waals surface area contributed by atoms with Crippen molar-refractivity contribution in [1.29, 1.82) is 0 Å². The van der Waals surface area contributed by atoms with Crippen molar-refractivity contribution in [2.24, 2.45) is 0 Å². The molecule has 0 aliphatic heterocycles. The summed E-state index contributed by atoms with van der Waals surface area (Å²) in [6.07, 6.45) is 0. The van der Waals surface area contributed by atoms with Crippen molar-refractivity contribution in [3.8, 4) is 5.75 Å². The molecule has 20 heavy (non-hydrogen) atoms. The minimum absolute atomic E-state index is 0.0338. The Morgan fingerprint density at radius 3 is 2.40 bits per heavy atom. The first-order chi connectivity index (χ1) is 9.37. The van der Waals surface area contributed by atoms with Crippen molar-refractivity contribution < 1.29 is 22.7 Å². The summed E-state index contributed by atoms with van der Waals surface area (Å²) >= 11 is 0. The molecule has 1 aromatic carbocycles. The molecule has 0 saturated heterocycles. The number of nitrogens with one attached hydrogen (secondary N) is 1. The summed E-state index contributed by atoms with van der Waals surface area (Å²) in [4.78, 5) is 11.9. The second-order valence-corrected chi connectivity index (χ2v) is 5.83. The predicted molar refractivity (Wildman–Crippen MR) is 74.6 cm³/mol. The SMILES string of the molecule is CCOC(=O)c1cc(S(=O)(=O)NC)c(C)cc1OCC. The third-order valence-electron chi connectivity index (χ3n) is 2.63. The third-order valence-corrected chi connectivity index (χ3v) is 4.19. The molecule has 0 unspecified atom stereocenters. The quantitative estimate of drug-likeness (QED) is 0.805. The van der Waals surface area contributed by atoms with Crippen molar-refractivity contribution in [2.75, 3.05) is 20.3 Å². The molecule has 0 heterocycles. The van der Waals surface area contributed by atoms with Gasteiger partial charge in [-0.15, -0.1) is 0 Å². The largest absolute Gasteiger partial charge is 0.493 e. The van der Waals surface area contributed by atoms with E-state index in [2.05, 4.69) is 4.72 Å². The van der Waals surface area contributed by atoms with Crippen LogP contribution in [0.5, 0.6) is 5.75 Å². The van der Waals surface area contributed by atoms with Crippen molar-refractivity contribution in [3.63, 3.8) is 0 Å². The van der Waals surface area contributed by atoms with Gasteiger partial charge in [0.2, 0.25) is 10.0 Å². The zero-order chi connectivity index (χ0) is 15.3. The van der Waals surface area contributed by atoms with Gasteiger partial charge >= 0.3 is 5.97 Å². The second kappa shape index (κ2) is 6.71. The van der Waals surface area contributed by atoms with Crippen LogP contribution in [0, 0.1) is 6.92 Å². The molecule has 6 nitrogen and oxygen atoms in total. The van der Waals surface area contributed by atoms with Gasteiger partial charge in [0.1, 0.15) is 11.3 Å². The maximum absolute atomic E-state index is 11.9. The minimum Gasteiger partial charge on any atom is -0.493 e. The van der Waals surface area contributed by atoms with E-state index in [1.807, 2.05) is 0 Å². The van der Waals surface area contributed by atoms with E-state index in [-0.39, 0.29) is 17.1 Å². The molecule has 0 spiro atoms. The topological polar surface area (TPSA) is 81.7 Å². The third kappa shape index (κ3) is 3.49. The molecule has 112 valence electrons. The molecule has 1 aromatic rings. The van der Waals surface area contributed by atoms with Crippen LogP contribution in [0.25, 0.3) is 0 Å². The molecule has 0 aliphatic rings. The summed E-state index contributed by atoms with van der Waals surface area (Å²) in [6.45, 7) is 5.66. The lowest BCUT2D eigenvalue weighted by atomic mass is 10.1. The van der Waals surface area contributed by atoms with Crippen LogP contribution in [0.2, 0.25) is 0 Å². The van der Waals surface area contributed by atoms with Crippen LogP contribution in [0.1, 0.15) is 29.8 Å². The smallest absolute Gasteiger partial charge is 0.341 e. The zero-order valence-electron chi connectivity index (χ0n) is 12.0. The average Bonchev–Trinajstić information content (AvgIpc) is 2.39. The highest BCUT2D eigenvalue weighted by Crippen LogP contribution is 2.27. The number of aryl methyl sites for hydroxylation is 1. The number of hydrogen-bond acceptors (Lipinski definition) is 5. The van der Waals surface area contributed by atoms with Gasteiger partial charge in [-0.2, -0.15) is 0 Å². The van der Waals surface area contributed by atoms with E-state index in [1.54, 1.807) is 20.8 Å². The average molecular weight is 301 g/mol. The van der Waals surface area contributed by atoms with Crippen LogP contribution in [0.3, 0.4) is 0 Å². The van der Waals surface area contributed by atoms with Crippen LogP contribution in [-0.2, 0) is 14.8 Å². The van der Waals surface area contributed by atoms with Crippen LogP contribution in [0.4, 0.5) is 0 Å².